The van der Waals surface area contributed by atoms with Crippen molar-refractivity contribution in [3.05, 3.63) is 60.2 Å². The van der Waals surface area contributed by atoms with Crippen molar-refractivity contribution in [1.29, 1.82) is 0 Å². The molecule has 1 unspecified atom stereocenters. The first kappa shape index (κ1) is 11.0. The molecule has 3 rings (SSSR count). The Balaban J connectivity index is 2.03. The number of carbonyl (C=O) groups excluding carboxylic acids is 1. The number of hydrogen-bond acceptors (Lipinski definition) is 2. The van der Waals surface area contributed by atoms with Crippen LogP contribution >= 0.6 is 0 Å². The number of esters is 1. The average molecular weight is 238 g/mol. The second-order valence-electron chi connectivity index (χ2n) is 4.54. The fourth-order valence-electron chi connectivity index (χ4n) is 2.45. The van der Waals surface area contributed by atoms with E-state index in [1.807, 2.05) is 30.3 Å². The number of cyclic esters (lactones) is 1. The molecule has 0 N–H and O–H groups in total. The molecule has 0 aromatic heterocycles. The van der Waals surface area contributed by atoms with E-state index in [4.69, 9.17) is 4.74 Å². The van der Waals surface area contributed by atoms with Gasteiger partial charge in [0.25, 0.3) is 0 Å². The highest BCUT2D eigenvalue weighted by Gasteiger charge is 2.26. The summed E-state index contributed by atoms with van der Waals surface area (Å²) < 4.78 is 5.07. The quantitative estimate of drug-likeness (QED) is 0.750. The van der Waals surface area contributed by atoms with Crippen molar-refractivity contribution in [2.45, 2.75) is 12.3 Å². The summed E-state index contributed by atoms with van der Waals surface area (Å²) in [5.41, 5.74) is 3.59. The van der Waals surface area contributed by atoms with Crippen molar-refractivity contribution >= 4 is 5.97 Å². The Hall–Kier alpha value is -2.09. The predicted octanol–water partition coefficient (Wildman–Crippen LogP) is 3.38. The molecule has 90 valence electrons. The maximum Gasteiger partial charge on any atom is 0.306 e. The SMILES string of the molecule is O=C1CC(c2ccccc2-c2ccccc2)CO1. The van der Waals surface area contributed by atoms with E-state index in [0.717, 1.165) is 0 Å². The number of rotatable bonds is 2. The molecule has 2 aromatic carbocycles. The second kappa shape index (κ2) is 4.65. The summed E-state index contributed by atoms with van der Waals surface area (Å²) in [5.74, 6) is 0.0942. The fraction of sp³-hybridized carbons (Fsp3) is 0.188. The van der Waals surface area contributed by atoms with E-state index >= 15 is 0 Å². The molecule has 2 aromatic rings. The van der Waals surface area contributed by atoms with Crippen LogP contribution in [0.3, 0.4) is 0 Å². The molecular formula is C16H14O2. The molecule has 0 saturated carbocycles. The molecule has 0 aliphatic carbocycles. The smallest absolute Gasteiger partial charge is 0.306 e. The first-order valence-electron chi connectivity index (χ1n) is 6.14. The van der Waals surface area contributed by atoms with E-state index < -0.39 is 0 Å². The van der Waals surface area contributed by atoms with Gasteiger partial charge < -0.3 is 4.74 Å². The molecule has 0 radical (unpaired) electrons. The molecule has 0 bridgehead atoms. The van der Waals surface area contributed by atoms with E-state index in [1.165, 1.54) is 16.7 Å². The summed E-state index contributed by atoms with van der Waals surface area (Å²) >= 11 is 0. The lowest BCUT2D eigenvalue weighted by atomic mass is 9.90. The first-order chi connectivity index (χ1) is 8.84. The third-order valence-electron chi connectivity index (χ3n) is 3.34. The zero-order valence-electron chi connectivity index (χ0n) is 10.0. The van der Waals surface area contributed by atoms with Crippen molar-refractivity contribution in [3.63, 3.8) is 0 Å². The largest absolute Gasteiger partial charge is 0.465 e. The van der Waals surface area contributed by atoms with E-state index in [2.05, 4.69) is 24.3 Å². The molecule has 2 nitrogen and oxygen atoms in total. The van der Waals surface area contributed by atoms with Crippen LogP contribution in [0.15, 0.2) is 54.6 Å². The molecule has 2 heteroatoms. The van der Waals surface area contributed by atoms with Gasteiger partial charge in [-0.05, 0) is 16.7 Å². The lowest BCUT2D eigenvalue weighted by Crippen LogP contribution is -2.00. The topological polar surface area (TPSA) is 26.3 Å². The molecule has 1 fully saturated rings. The van der Waals surface area contributed by atoms with Crippen LogP contribution in [-0.4, -0.2) is 12.6 Å². The molecular weight excluding hydrogens is 224 g/mol. The van der Waals surface area contributed by atoms with Gasteiger partial charge in [0.05, 0.1) is 13.0 Å². The van der Waals surface area contributed by atoms with Crippen LogP contribution in [-0.2, 0) is 9.53 Å². The van der Waals surface area contributed by atoms with Gasteiger partial charge in [-0.15, -0.1) is 0 Å². The standard InChI is InChI=1S/C16H14O2/c17-16-10-13(11-18-16)15-9-5-4-8-14(15)12-6-2-1-3-7-12/h1-9,13H,10-11H2. The van der Waals surface area contributed by atoms with Gasteiger partial charge in [-0.2, -0.15) is 0 Å². The van der Waals surface area contributed by atoms with E-state index in [9.17, 15) is 4.79 Å². The highest BCUT2D eigenvalue weighted by atomic mass is 16.5. The molecule has 0 spiro atoms. The zero-order chi connectivity index (χ0) is 12.4. The fourth-order valence-corrected chi connectivity index (χ4v) is 2.45. The Morgan fingerprint density at radius 2 is 1.67 bits per heavy atom. The molecule has 0 amide bonds. The predicted molar refractivity (Wildman–Crippen MR) is 70.2 cm³/mol. The Labute approximate surface area is 106 Å². The molecule has 18 heavy (non-hydrogen) atoms. The average Bonchev–Trinajstić information content (AvgIpc) is 2.86. The molecule has 1 saturated heterocycles. The summed E-state index contributed by atoms with van der Waals surface area (Å²) in [6.07, 6.45) is 0.490. The third kappa shape index (κ3) is 2.02. The maximum absolute atomic E-state index is 11.3. The van der Waals surface area contributed by atoms with Crippen molar-refractivity contribution in [2.75, 3.05) is 6.61 Å². The molecule has 1 heterocycles. The van der Waals surface area contributed by atoms with Crippen LogP contribution in [0.1, 0.15) is 17.9 Å². The number of ether oxygens (including phenoxy) is 1. The van der Waals surface area contributed by atoms with Gasteiger partial charge in [-0.25, -0.2) is 0 Å². The van der Waals surface area contributed by atoms with E-state index in [0.29, 0.717) is 13.0 Å². The lowest BCUT2D eigenvalue weighted by molar-refractivity contribution is -0.137. The zero-order valence-corrected chi connectivity index (χ0v) is 10.0. The van der Waals surface area contributed by atoms with Crippen molar-refractivity contribution < 1.29 is 9.53 Å². The summed E-state index contributed by atoms with van der Waals surface area (Å²) in [6.45, 7) is 0.503. The highest BCUT2D eigenvalue weighted by Crippen LogP contribution is 2.33. The van der Waals surface area contributed by atoms with Crippen LogP contribution in [0.25, 0.3) is 11.1 Å². The van der Waals surface area contributed by atoms with Crippen molar-refractivity contribution in [2.24, 2.45) is 0 Å². The van der Waals surface area contributed by atoms with Gasteiger partial charge in [-0.1, -0.05) is 54.6 Å². The van der Waals surface area contributed by atoms with Crippen LogP contribution in [0.2, 0.25) is 0 Å². The van der Waals surface area contributed by atoms with Gasteiger partial charge in [0.2, 0.25) is 0 Å². The maximum atomic E-state index is 11.3. The van der Waals surface area contributed by atoms with Crippen LogP contribution in [0.4, 0.5) is 0 Å². The molecule has 1 atom stereocenters. The Morgan fingerprint density at radius 1 is 0.944 bits per heavy atom. The minimum Gasteiger partial charge on any atom is -0.465 e. The van der Waals surface area contributed by atoms with Crippen LogP contribution < -0.4 is 0 Å². The Bertz CT molecular complexity index is 560. The van der Waals surface area contributed by atoms with Gasteiger partial charge >= 0.3 is 5.97 Å². The third-order valence-corrected chi connectivity index (χ3v) is 3.34. The summed E-state index contributed by atoms with van der Waals surface area (Å²) in [6, 6.07) is 18.5. The minimum atomic E-state index is -0.0946. The summed E-state index contributed by atoms with van der Waals surface area (Å²) in [5, 5.41) is 0. The van der Waals surface area contributed by atoms with Crippen molar-refractivity contribution in [1.82, 2.24) is 0 Å². The monoisotopic (exact) mass is 238 g/mol. The first-order valence-corrected chi connectivity index (χ1v) is 6.14. The Morgan fingerprint density at radius 3 is 2.39 bits per heavy atom. The second-order valence-corrected chi connectivity index (χ2v) is 4.54. The summed E-state index contributed by atoms with van der Waals surface area (Å²) in [7, 11) is 0. The van der Waals surface area contributed by atoms with Gasteiger partial charge in [-0.3, -0.25) is 4.79 Å². The van der Waals surface area contributed by atoms with Gasteiger partial charge in [0.1, 0.15) is 0 Å². The number of carbonyl (C=O) groups is 1. The normalized spacial score (nSPS) is 18.7. The highest BCUT2D eigenvalue weighted by molar-refractivity contribution is 5.75. The van der Waals surface area contributed by atoms with E-state index in [-0.39, 0.29) is 11.9 Å². The minimum absolute atomic E-state index is 0.0946. The molecule has 1 aliphatic heterocycles. The van der Waals surface area contributed by atoms with Crippen molar-refractivity contribution in [3.8, 4) is 11.1 Å². The number of benzene rings is 2. The summed E-state index contributed by atoms with van der Waals surface area (Å²) in [4.78, 5) is 11.3. The lowest BCUT2D eigenvalue weighted by Gasteiger charge is -2.13. The van der Waals surface area contributed by atoms with E-state index in [1.54, 1.807) is 0 Å². The van der Waals surface area contributed by atoms with Crippen LogP contribution in [0.5, 0.6) is 0 Å². The van der Waals surface area contributed by atoms with Gasteiger partial charge in [0.15, 0.2) is 0 Å². The van der Waals surface area contributed by atoms with Crippen LogP contribution in [0, 0.1) is 0 Å². The number of hydrogen-bond donors (Lipinski definition) is 0. The molecule has 1 aliphatic rings. The van der Waals surface area contributed by atoms with Gasteiger partial charge in [0, 0.05) is 5.92 Å². The Kier molecular flexibility index (Phi) is 2.85.